The van der Waals surface area contributed by atoms with Gasteiger partial charge in [-0.25, -0.2) is 0 Å². The standard InChI is InChI=1S/C12H12Cl2N4O2/c13-8-1-2-10(14)11(5-8)15-12(20)3-4-18-6-9(7-19)16-17-18/h1-2,5-6,19H,3-4,7H2,(H,15,20). The van der Waals surface area contributed by atoms with Crippen LogP contribution in [0.4, 0.5) is 5.69 Å². The van der Waals surface area contributed by atoms with Gasteiger partial charge in [-0.3, -0.25) is 9.48 Å². The lowest BCUT2D eigenvalue weighted by Crippen LogP contribution is -2.15. The summed E-state index contributed by atoms with van der Waals surface area (Å²) in [6, 6.07) is 4.84. The number of rotatable bonds is 5. The molecule has 2 N–H and O–H groups in total. The number of nitrogens with one attached hydrogen (secondary N) is 1. The number of hydrogen-bond donors (Lipinski definition) is 2. The maximum absolute atomic E-state index is 11.8. The van der Waals surface area contributed by atoms with Crippen LogP contribution in [0.5, 0.6) is 0 Å². The van der Waals surface area contributed by atoms with Crippen molar-refractivity contribution in [2.45, 2.75) is 19.6 Å². The third-order valence-corrected chi connectivity index (χ3v) is 3.08. The highest BCUT2D eigenvalue weighted by Gasteiger charge is 2.08. The fraction of sp³-hybridized carbons (Fsp3) is 0.250. The molecule has 0 fully saturated rings. The van der Waals surface area contributed by atoms with E-state index in [1.54, 1.807) is 24.4 Å². The molecule has 2 rings (SSSR count). The van der Waals surface area contributed by atoms with Crippen molar-refractivity contribution < 1.29 is 9.90 Å². The zero-order valence-corrected chi connectivity index (χ0v) is 11.9. The monoisotopic (exact) mass is 314 g/mol. The molecule has 0 aliphatic carbocycles. The van der Waals surface area contributed by atoms with Crippen molar-refractivity contribution in [1.82, 2.24) is 15.0 Å². The number of carbonyl (C=O) groups excluding carboxylic acids is 1. The first-order chi connectivity index (χ1) is 9.58. The Morgan fingerprint density at radius 3 is 2.90 bits per heavy atom. The largest absolute Gasteiger partial charge is 0.390 e. The van der Waals surface area contributed by atoms with Crippen LogP contribution >= 0.6 is 23.2 Å². The van der Waals surface area contributed by atoms with Crippen LogP contribution < -0.4 is 5.32 Å². The first-order valence-electron chi connectivity index (χ1n) is 5.83. The Balaban J connectivity index is 1.90. The summed E-state index contributed by atoms with van der Waals surface area (Å²) in [7, 11) is 0. The van der Waals surface area contributed by atoms with Crippen molar-refractivity contribution >= 4 is 34.8 Å². The third kappa shape index (κ3) is 3.93. The Bertz CT molecular complexity index is 615. The predicted molar refractivity (Wildman–Crippen MR) is 75.7 cm³/mol. The van der Waals surface area contributed by atoms with Crippen molar-refractivity contribution in [3.8, 4) is 0 Å². The molecule has 6 nitrogen and oxygen atoms in total. The fourth-order valence-corrected chi connectivity index (χ4v) is 1.88. The minimum absolute atomic E-state index is 0.176. The lowest BCUT2D eigenvalue weighted by Gasteiger charge is -2.07. The van der Waals surface area contributed by atoms with E-state index < -0.39 is 0 Å². The first-order valence-corrected chi connectivity index (χ1v) is 6.59. The van der Waals surface area contributed by atoms with E-state index in [1.807, 2.05) is 0 Å². The average Bonchev–Trinajstić information content (AvgIpc) is 2.89. The number of carbonyl (C=O) groups is 1. The average molecular weight is 315 g/mol. The minimum Gasteiger partial charge on any atom is -0.390 e. The van der Waals surface area contributed by atoms with Gasteiger partial charge in [0.25, 0.3) is 0 Å². The summed E-state index contributed by atoms with van der Waals surface area (Å²) in [5.74, 6) is -0.213. The highest BCUT2D eigenvalue weighted by molar-refractivity contribution is 6.35. The van der Waals surface area contributed by atoms with Gasteiger partial charge in [0.15, 0.2) is 0 Å². The predicted octanol–water partition coefficient (Wildman–Crippen LogP) is 2.11. The van der Waals surface area contributed by atoms with E-state index in [-0.39, 0.29) is 18.9 Å². The molecule has 0 aliphatic rings. The van der Waals surface area contributed by atoms with E-state index in [4.69, 9.17) is 28.3 Å². The van der Waals surface area contributed by atoms with Crippen molar-refractivity contribution in [2.24, 2.45) is 0 Å². The molecule has 20 heavy (non-hydrogen) atoms. The molecule has 0 saturated heterocycles. The zero-order valence-electron chi connectivity index (χ0n) is 10.4. The molecule has 0 unspecified atom stereocenters. The van der Waals surface area contributed by atoms with Gasteiger partial charge in [0.2, 0.25) is 5.91 Å². The van der Waals surface area contributed by atoms with Gasteiger partial charge in [-0.05, 0) is 18.2 Å². The maximum Gasteiger partial charge on any atom is 0.226 e. The number of amides is 1. The number of aryl methyl sites for hydroxylation is 1. The molecule has 0 bridgehead atoms. The Labute approximate surface area is 125 Å². The number of benzene rings is 1. The summed E-state index contributed by atoms with van der Waals surface area (Å²) < 4.78 is 1.49. The molecule has 2 aromatic rings. The Morgan fingerprint density at radius 2 is 2.20 bits per heavy atom. The molecule has 8 heteroatoms. The van der Waals surface area contributed by atoms with Gasteiger partial charge in [-0.1, -0.05) is 28.4 Å². The van der Waals surface area contributed by atoms with Gasteiger partial charge in [0.1, 0.15) is 5.69 Å². The molecule has 0 spiro atoms. The summed E-state index contributed by atoms with van der Waals surface area (Å²) in [6.07, 6.45) is 1.79. The van der Waals surface area contributed by atoms with Crippen LogP contribution in [-0.2, 0) is 17.9 Å². The van der Waals surface area contributed by atoms with Gasteiger partial charge >= 0.3 is 0 Å². The quantitative estimate of drug-likeness (QED) is 0.885. The van der Waals surface area contributed by atoms with Crippen LogP contribution in [0.1, 0.15) is 12.1 Å². The molecule has 0 saturated carbocycles. The lowest BCUT2D eigenvalue weighted by molar-refractivity contribution is -0.116. The van der Waals surface area contributed by atoms with Crippen LogP contribution in [0.3, 0.4) is 0 Å². The second-order valence-electron chi connectivity index (χ2n) is 4.05. The number of halogens is 2. The van der Waals surface area contributed by atoms with Crippen LogP contribution in [-0.4, -0.2) is 26.0 Å². The van der Waals surface area contributed by atoms with Gasteiger partial charge < -0.3 is 10.4 Å². The highest BCUT2D eigenvalue weighted by atomic mass is 35.5. The fourth-order valence-electron chi connectivity index (χ4n) is 1.54. The number of anilines is 1. The molecule has 0 aliphatic heterocycles. The smallest absolute Gasteiger partial charge is 0.226 e. The lowest BCUT2D eigenvalue weighted by atomic mass is 10.3. The molecule has 106 valence electrons. The van der Waals surface area contributed by atoms with E-state index in [0.717, 1.165) is 0 Å². The minimum atomic E-state index is -0.213. The zero-order chi connectivity index (χ0) is 14.5. The third-order valence-electron chi connectivity index (χ3n) is 2.52. The summed E-state index contributed by atoms with van der Waals surface area (Å²) in [5.41, 5.74) is 0.932. The van der Waals surface area contributed by atoms with E-state index in [1.165, 1.54) is 4.68 Å². The Morgan fingerprint density at radius 1 is 1.40 bits per heavy atom. The molecule has 1 aromatic heterocycles. The number of hydrogen-bond acceptors (Lipinski definition) is 4. The molecule has 0 radical (unpaired) electrons. The molecule has 1 amide bonds. The summed E-state index contributed by atoms with van der Waals surface area (Å²) >= 11 is 11.8. The van der Waals surface area contributed by atoms with E-state index in [0.29, 0.717) is 28.0 Å². The first kappa shape index (κ1) is 14.8. The normalized spacial score (nSPS) is 10.6. The van der Waals surface area contributed by atoms with Crippen LogP contribution in [0.2, 0.25) is 10.0 Å². The second-order valence-corrected chi connectivity index (χ2v) is 4.90. The molecular weight excluding hydrogens is 303 g/mol. The summed E-state index contributed by atoms with van der Waals surface area (Å²) in [4.78, 5) is 11.8. The SMILES string of the molecule is O=C(CCn1cc(CO)nn1)Nc1cc(Cl)ccc1Cl. The summed E-state index contributed by atoms with van der Waals surface area (Å²) in [6.45, 7) is 0.182. The number of nitrogens with zero attached hydrogens (tertiary/aromatic N) is 3. The van der Waals surface area contributed by atoms with Gasteiger partial charge in [0, 0.05) is 11.4 Å². The van der Waals surface area contributed by atoms with Crippen molar-refractivity contribution in [2.75, 3.05) is 5.32 Å². The number of aliphatic hydroxyl groups excluding tert-OH is 1. The number of aromatic nitrogens is 3. The van der Waals surface area contributed by atoms with E-state index in [2.05, 4.69) is 15.6 Å². The number of aliphatic hydroxyl groups is 1. The van der Waals surface area contributed by atoms with Crippen molar-refractivity contribution in [1.29, 1.82) is 0 Å². The van der Waals surface area contributed by atoms with Crippen LogP contribution in [0.25, 0.3) is 0 Å². The maximum atomic E-state index is 11.8. The van der Waals surface area contributed by atoms with Crippen LogP contribution in [0.15, 0.2) is 24.4 Å². The van der Waals surface area contributed by atoms with Gasteiger partial charge in [-0.2, -0.15) is 0 Å². The van der Waals surface area contributed by atoms with Gasteiger partial charge in [0.05, 0.1) is 30.1 Å². The van der Waals surface area contributed by atoms with Crippen LogP contribution in [0, 0.1) is 0 Å². The van der Waals surface area contributed by atoms with E-state index in [9.17, 15) is 4.79 Å². The Kier molecular flexibility index (Phi) is 4.94. The molecule has 0 atom stereocenters. The molecular formula is C12H12Cl2N4O2. The molecule has 1 heterocycles. The van der Waals surface area contributed by atoms with Crippen molar-refractivity contribution in [3.05, 3.63) is 40.1 Å². The van der Waals surface area contributed by atoms with Gasteiger partial charge in [-0.15, -0.1) is 5.10 Å². The van der Waals surface area contributed by atoms with E-state index >= 15 is 0 Å². The Hall–Kier alpha value is -1.63. The summed E-state index contributed by atoms with van der Waals surface area (Å²) in [5, 5.41) is 19.9. The molecule has 1 aromatic carbocycles. The topological polar surface area (TPSA) is 80.0 Å². The highest BCUT2D eigenvalue weighted by Crippen LogP contribution is 2.25. The van der Waals surface area contributed by atoms with Crippen molar-refractivity contribution in [3.63, 3.8) is 0 Å². The second kappa shape index (κ2) is 6.69.